The highest BCUT2D eigenvalue weighted by atomic mass is 35.5. The van der Waals surface area contributed by atoms with Crippen LogP contribution < -0.4 is 27.3 Å². The van der Waals surface area contributed by atoms with Crippen molar-refractivity contribution in [3.8, 4) is 5.75 Å². The van der Waals surface area contributed by atoms with Crippen molar-refractivity contribution >= 4 is 35.1 Å². The molecule has 2 aromatic rings. The van der Waals surface area contributed by atoms with E-state index in [1.807, 2.05) is 12.1 Å². The average Bonchev–Trinajstić information content (AvgIpc) is 2.98. The Balaban J connectivity index is 1.76. The molecule has 2 unspecified atom stereocenters. The van der Waals surface area contributed by atoms with Crippen LogP contribution in [0.1, 0.15) is 28.9 Å². The van der Waals surface area contributed by atoms with Crippen molar-refractivity contribution in [2.24, 2.45) is 10.7 Å². The number of hydrogen-bond acceptors (Lipinski definition) is 14. The second-order valence-electron chi connectivity index (χ2n) is 9.70. The first-order chi connectivity index (χ1) is 20.4. The number of aryl methyl sites for hydroxylation is 1. The van der Waals surface area contributed by atoms with Crippen LogP contribution in [0.4, 0.5) is 11.6 Å². The predicted octanol–water partition coefficient (Wildman–Crippen LogP) is -2.53. The van der Waals surface area contributed by atoms with Crippen LogP contribution in [0.2, 0.25) is 5.15 Å². The summed E-state index contributed by atoms with van der Waals surface area (Å²) < 4.78 is 5.76. The van der Waals surface area contributed by atoms with Gasteiger partial charge in [-0.25, -0.2) is 9.97 Å². The summed E-state index contributed by atoms with van der Waals surface area (Å²) in [5.74, 6) is -0.491. The van der Waals surface area contributed by atoms with Crippen LogP contribution in [0.15, 0.2) is 29.3 Å². The van der Waals surface area contributed by atoms with Gasteiger partial charge in [0.1, 0.15) is 24.6 Å². The number of aliphatic hydroxyl groups is 6. The molecule has 0 saturated carbocycles. The molecule has 0 aliphatic heterocycles. The molecule has 4 atom stereocenters. The quantitative estimate of drug-likeness (QED) is 0.0463. The maximum Gasteiger partial charge on any atom is 0.280 e. The number of halogens is 1. The zero-order chi connectivity index (χ0) is 31.9. The Bertz CT molecular complexity index is 1160. The van der Waals surface area contributed by atoms with E-state index in [4.69, 9.17) is 43.8 Å². The van der Waals surface area contributed by atoms with Crippen LogP contribution in [0.3, 0.4) is 0 Å². The lowest BCUT2D eigenvalue weighted by molar-refractivity contribution is -0.0551. The molecular weight excluding hydrogens is 588 g/mol. The molecule has 1 amide bonds. The van der Waals surface area contributed by atoms with E-state index in [1.54, 1.807) is 17.0 Å². The Kier molecular flexibility index (Phi) is 15.3. The molecule has 16 nitrogen and oxygen atoms in total. The van der Waals surface area contributed by atoms with Crippen LogP contribution in [0.5, 0.6) is 5.75 Å². The van der Waals surface area contributed by atoms with E-state index < -0.39 is 43.5 Å². The molecule has 43 heavy (non-hydrogen) atoms. The third-order valence-electron chi connectivity index (χ3n) is 6.27. The summed E-state index contributed by atoms with van der Waals surface area (Å²) in [7, 11) is 0. The molecule has 1 aromatic heterocycles. The molecule has 0 aliphatic rings. The van der Waals surface area contributed by atoms with Crippen molar-refractivity contribution in [1.29, 1.82) is 0 Å². The van der Waals surface area contributed by atoms with Crippen molar-refractivity contribution in [3.05, 3.63) is 40.7 Å². The number of amides is 1. The minimum Gasteiger partial charge on any atom is -0.492 e. The van der Waals surface area contributed by atoms with E-state index in [0.717, 1.165) is 18.4 Å². The number of nitrogens with one attached hydrogen (secondary N) is 1. The molecule has 0 bridgehead atoms. The molecule has 1 aromatic carbocycles. The van der Waals surface area contributed by atoms with Crippen molar-refractivity contribution < 1.29 is 40.2 Å². The maximum absolute atomic E-state index is 12.3. The van der Waals surface area contributed by atoms with Crippen LogP contribution in [0.25, 0.3) is 0 Å². The number of aromatic nitrogens is 2. The number of nitrogens with two attached hydrogens (primary N) is 3. The molecule has 17 heteroatoms. The number of ether oxygens (including phenoxy) is 1. The van der Waals surface area contributed by atoms with Gasteiger partial charge < -0.3 is 52.6 Å². The molecule has 240 valence electrons. The van der Waals surface area contributed by atoms with Crippen LogP contribution in [-0.2, 0) is 6.42 Å². The number of nitrogen functional groups attached to an aromatic ring is 2. The Labute approximate surface area is 253 Å². The van der Waals surface area contributed by atoms with Crippen LogP contribution in [-0.4, -0.2) is 128 Å². The van der Waals surface area contributed by atoms with Gasteiger partial charge in [-0.05, 0) is 37.0 Å². The lowest BCUT2D eigenvalue weighted by Crippen LogP contribution is -2.47. The Morgan fingerprint density at radius 3 is 2.14 bits per heavy atom. The first-order valence-electron chi connectivity index (χ1n) is 13.5. The average molecular weight is 629 g/mol. The number of carbonyl (C=O) groups is 1. The molecular formula is C26H41ClN8O8. The summed E-state index contributed by atoms with van der Waals surface area (Å²) >= 11 is 5.79. The first kappa shape index (κ1) is 35.8. The summed E-state index contributed by atoms with van der Waals surface area (Å²) in [5, 5.41) is 59.7. The largest absolute Gasteiger partial charge is 0.492 e. The Hall–Kier alpha value is -3.35. The summed E-state index contributed by atoms with van der Waals surface area (Å²) in [6, 6.07) is 7.43. The number of nitrogens with zero attached hydrogens (tertiary/aromatic N) is 4. The molecule has 0 saturated heterocycles. The van der Waals surface area contributed by atoms with Gasteiger partial charge in [-0.1, -0.05) is 23.7 Å². The number of aliphatic hydroxyl groups excluding tert-OH is 6. The molecule has 13 N–H and O–H groups in total. The number of guanidine groups is 1. The van der Waals surface area contributed by atoms with Crippen LogP contribution in [0, 0.1) is 0 Å². The molecule has 0 aliphatic carbocycles. The number of aliphatic imine (C=N–C) groups is 1. The fraction of sp³-hybridized carbons (Fsp3) is 0.538. The second kappa shape index (κ2) is 18.3. The highest BCUT2D eigenvalue weighted by molar-refractivity contribution is 6.31. The van der Waals surface area contributed by atoms with Gasteiger partial charge in [0.15, 0.2) is 28.4 Å². The number of rotatable bonds is 18. The third-order valence-corrected chi connectivity index (χ3v) is 6.55. The number of carbonyl (C=O) groups excluding carboxylic acids is 1. The highest BCUT2D eigenvalue weighted by Gasteiger charge is 2.24. The van der Waals surface area contributed by atoms with Crippen molar-refractivity contribution in [2.45, 2.75) is 43.7 Å². The molecule has 0 fully saturated rings. The van der Waals surface area contributed by atoms with Crippen molar-refractivity contribution in [1.82, 2.24) is 20.2 Å². The Morgan fingerprint density at radius 1 is 0.953 bits per heavy atom. The van der Waals surface area contributed by atoms with Crippen molar-refractivity contribution in [2.75, 3.05) is 57.5 Å². The normalized spacial score (nSPS) is 14.7. The van der Waals surface area contributed by atoms with Gasteiger partial charge in [0.05, 0.1) is 25.4 Å². The standard InChI is InChI=1S/C26H41ClN8O8/c27-22-24(29)33-23(28)21(32-22)25(42)34-26(30)31-8-2-1-3-15-4-6-16(7-5-15)43-10-9-35(11-17(38)19(40)13-36)12-18(39)20(41)14-37/h4-7,17-20,36-41H,1-3,8-14H2,(H4,28,29,33)(H3,30,31,34,42)/t17?,18?,19-,20-/m0/s1. The maximum atomic E-state index is 12.3. The van der Waals surface area contributed by atoms with Gasteiger partial charge in [0.25, 0.3) is 5.91 Å². The topological polar surface area (TPSA) is 279 Å². The van der Waals surface area contributed by atoms with Gasteiger partial charge in [-0.15, -0.1) is 0 Å². The van der Waals surface area contributed by atoms with E-state index in [0.29, 0.717) is 18.7 Å². The summed E-state index contributed by atoms with van der Waals surface area (Å²) in [6.07, 6.45) is -3.03. The van der Waals surface area contributed by atoms with Gasteiger partial charge in [0.2, 0.25) is 0 Å². The number of benzene rings is 1. The number of unbranched alkanes of at least 4 members (excludes halogenated alkanes) is 1. The predicted molar refractivity (Wildman–Crippen MR) is 159 cm³/mol. The lowest BCUT2D eigenvalue weighted by Gasteiger charge is -2.29. The van der Waals surface area contributed by atoms with E-state index in [9.17, 15) is 25.2 Å². The van der Waals surface area contributed by atoms with E-state index in [-0.39, 0.29) is 54.7 Å². The smallest absolute Gasteiger partial charge is 0.280 e. The van der Waals surface area contributed by atoms with E-state index in [1.165, 1.54) is 0 Å². The summed E-state index contributed by atoms with van der Waals surface area (Å²) in [6.45, 7) is -0.681. The summed E-state index contributed by atoms with van der Waals surface area (Å²) in [4.78, 5) is 25.5. The van der Waals surface area contributed by atoms with Crippen LogP contribution >= 0.6 is 11.6 Å². The zero-order valence-electron chi connectivity index (χ0n) is 23.6. The highest BCUT2D eigenvalue weighted by Crippen LogP contribution is 2.17. The fourth-order valence-corrected chi connectivity index (χ4v) is 3.91. The zero-order valence-corrected chi connectivity index (χ0v) is 24.3. The van der Waals surface area contributed by atoms with Crippen molar-refractivity contribution in [3.63, 3.8) is 0 Å². The minimum atomic E-state index is -1.36. The van der Waals surface area contributed by atoms with Gasteiger partial charge in [-0.3, -0.25) is 20.0 Å². The molecule has 0 spiro atoms. The number of hydrogen-bond donors (Lipinski definition) is 10. The summed E-state index contributed by atoms with van der Waals surface area (Å²) in [5.41, 5.74) is 17.8. The van der Waals surface area contributed by atoms with Gasteiger partial charge >= 0.3 is 0 Å². The van der Waals surface area contributed by atoms with E-state index >= 15 is 0 Å². The van der Waals surface area contributed by atoms with Gasteiger partial charge in [0, 0.05) is 26.2 Å². The van der Waals surface area contributed by atoms with Gasteiger partial charge in [-0.2, -0.15) is 0 Å². The number of anilines is 2. The SMILES string of the molecule is NC(=NCCCCc1ccc(OCCN(CC(O)[C@@H](O)CO)CC(O)[C@@H](O)CO)cc1)NC(=O)c1nc(Cl)c(N)nc1N. The lowest BCUT2D eigenvalue weighted by atomic mass is 10.1. The first-order valence-corrected chi connectivity index (χ1v) is 13.9. The van der Waals surface area contributed by atoms with E-state index in [2.05, 4.69) is 20.3 Å². The second-order valence-corrected chi connectivity index (χ2v) is 10.1. The molecule has 2 rings (SSSR count). The molecule has 0 radical (unpaired) electrons. The minimum absolute atomic E-state index is 0.0918. The fourth-order valence-electron chi connectivity index (χ4n) is 3.78. The Morgan fingerprint density at radius 2 is 1.56 bits per heavy atom. The monoisotopic (exact) mass is 628 g/mol. The third kappa shape index (κ3) is 12.4. The molecule has 1 heterocycles.